The van der Waals surface area contributed by atoms with Crippen molar-refractivity contribution in [1.82, 2.24) is 0 Å². The van der Waals surface area contributed by atoms with E-state index in [-0.39, 0.29) is 22.8 Å². The molecule has 0 unspecified atom stereocenters. The van der Waals surface area contributed by atoms with E-state index >= 15 is 0 Å². The van der Waals surface area contributed by atoms with Gasteiger partial charge in [-0.3, -0.25) is 4.99 Å². The van der Waals surface area contributed by atoms with Crippen LogP contribution in [-0.4, -0.2) is 27.7 Å². The van der Waals surface area contributed by atoms with Gasteiger partial charge < -0.3 is 16.6 Å². The molecule has 0 spiro atoms. The van der Waals surface area contributed by atoms with Crippen LogP contribution in [0.3, 0.4) is 0 Å². The molecule has 5 N–H and O–H groups in total. The van der Waals surface area contributed by atoms with Crippen LogP contribution in [0.5, 0.6) is 0 Å². The van der Waals surface area contributed by atoms with Crippen molar-refractivity contribution in [1.29, 1.82) is 0 Å². The van der Waals surface area contributed by atoms with E-state index in [0.29, 0.717) is 0 Å². The van der Waals surface area contributed by atoms with Crippen LogP contribution in [-0.2, 0) is 6.42 Å². The number of nitrogens with zero attached hydrogens (tertiary/aromatic N) is 1. The quantitative estimate of drug-likeness (QED) is 0.452. The second-order valence-electron chi connectivity index (χ2n) is 5.61. The Morgan fingerprint density at radius 2 is 1.90 bits per heavy atom. The van der Waals surface area contributed by atoms with Crippen LogP contribution >= 0.6 is 11.8 Å². The molecule has 1 aromatic rings. The smallest absolute Gasteiger partial charge is 0.162 e. The maximum Gasteiger partial charge on any atom is 0.162 e. The Balaban J connectivity index is 3.25. The Hall–Kier alpha value is -1.34. The largest absolute Gasteiger partial charge is 0.399 e. The fourth-order valence-corrected chi connectivity index (χ4v) is 2.85. The lowest BCUT2D eigenvalue weighted by atomic mass is 9.85. The summed E-state index contributed by atoms with van der Waals surface area (Å²) in [5.74, 6) is -1.97. The summed E-state index contributed by atoms with van der Waals surface area (Å²) >= 11 is 1.12. The Kier molecular flexibility index (Phi) is 5.22. The molecule has 0 saturated carbocycles. The molecule has 0 aliphatic rings. The molecule has 1 rings (SSSR count). The van der Waals surface area contributed by atoms with E-state index in [9.17, 15) is 13.9 Å². The van der Waals surface area contributed by atoms with E-state index in [0.717, 1.165) is 17.8 Å². The summed E-state index contributed by atoms with van der Waals surface area (Å²) in [5, 5.41) is 10.6. The maximum atomic E-state index is 13.9. The van der Waals surface area contributed by atoms with Gasteiger partial charge in [-0.05, 0) is 44.9 Å². The van der Waals surface area contributed by atoms with E-state index < -0.39 is 22.0 Å². The highest BCUT2D eigenvalue weighted by Crippen LogP contribution is 2.39. The maximum absolute atomic E-state index is 13.9. The SMILES string of the molecule is CN=C(N)S[C@](C)(Cc1cc(N)cc(F)c1F)C(C)(C)O. The van der Waals surface area contributed by atoms with Gasteiger partial charge in [-0.15, -0.1) is 0 Å². The number of hydrogen-bond donors (Lipinski definition) is 3. The van der Waals surface area contributed by atoms with Gasteiger partial charge in [0.25, 0.3) is 0 Å². The lowest BCUT2D eigenvalue weighted by Gasteiger charge is -2.39. The van der Waals surface area contributed by atoms with Gasteiger partial charge in [0.2, 0.25) is 0 Å². The third kappa shape index (κ3) is 4.07. The number of nitrogen functional groups attached to an aromatic ring is 1. The number of anilines is 1. The fourth-order valence-electron chi connectivity index (χ4n) is 1.82. The third-order valence-corrected chi connectivity index (χ3v) is 4.98. The van der Waals surface area contributed by atoms with Gasteiger partial charge in [0.05, 0.1) is 10.3 Å². The van der Waals surface area contributed by atoms with Crippen LogP contribution in [0.25, 0.3) is 0 Å². The van der Waals surface area contributed by atoms with E-state index in [1.54, 1.807) is 20.8 Å². The van der Waals surface area contributed by atoms with Crippen LogP contribution in [0.15, 0.2) is 17.1 Å². The normalized spacial score (nSPS) is 15.9. The minimum absolute atomic E-state index is 0.0468. The predicted molar refractivity (Wildman–Crippen MR) is 84.3 cm³/mol. The summed E-state index contributed by atoms with van der Waals surface area (Å²) in [4.78, 5) is 3.84. The van der Waals surface area contributed by atoms with E-state index in [1.807, 2.05) is 0 Å². The van der Waals surface area contributed by atoms with Gasteiger partial charge in [0.15, 0.2) is 16.8 Å². The molecule has 0 aliphatic heterocycles. The molecule has 0 aliphatic carbocycles. The molecule has 0 fully saturated rings. The molecule has 0 saturated heterocycles. The molecule has 0 aromatic heterocycles. The Morgan fingerprint density at radius 3 is 2.38 bits per heavy atom. The zero-order valence-corrected chi connectivity index (χ0v) is 13.4. The van der Waals surface area contributed by atoms with Crippen LogP contribution in [0.4, 0.5) is 14.5 Å². The van der Waals surface area contributed by atoms with Crippen molar-refractivity contribution in [2.24, 2.45) is 10.7 Å². The fraction of sp³-hybridized carbons (Fsp3) is 0.500. The molecule has 4 nitrogen and oxygen atoms in total. The standard InChI is InChI=1S/C14H21F2N3OS/c1-13(2,20)14(3,21-12(18)19-4)7-8-5-9(17)6-10(15)11(8)16/h5-6,20H,7,17H2,1-4H3,(H2,18,19)/t14-/m1/s1. The summed E-state index contributed by atoms with van der Waals surface area (Å²) in [6, 6.07) is 2.29. The average Bonchev–Trinajstić information content (AvgIpc) is 2.33. The zero-order valence-electron chi connectivity index (χ0n) is 12.6. The van der Waals surface area contributed by atoms with Crippen LogP contribution in [0.1, 0.15) is 26.3 Å². The highest BCUT2D eigenvalue weighted by molar-refractivity contribution is 8.15. The zero-order chi connectivity index (χ0) is 16.4. The summed E-state index contributed by atoms with van der Waals surface area (Å²) < 4.78 is 26.5. The Bertz CT molecular complexity index is 558. The topological polar surface area (TPSA) is 84.6 Å². The van der Waals surface area contributed by atoms with Gasteiger partial charge in [-0.2, -0.15) is 0 Å². The lowest BCUT2D eigenvalue weighted by Crippen LogP contribution is -2.48. The van der Waals surface area contributed by atoms with Gasteiger partial charge in [-0.25, -0.2) is 8.78 Å². The first-order chi connectivity index (χ1) is 9.50. The molecule has 0 radical (unpaired) electrons. The lowest BCUT2D eigenvalue weighted by molar-refractivity contribution is 0.0427. The van der Waals surface area contributed by atoms with E-state index in [1.165, 1.54) is 13.1 Å². The Labute approximate surface area is 127 Å². The summed E-state index contributed by atoms with van der Waals surface area (Å²) in [5.41, 5.74) is 10.3. The van der Waals surface area contributed by atoms with Gasteiger partial charge >= 0.3 is 0 Å². The molecule has 118 valence electrons. The van der Waals surface area contributed by atoms with Crippen molar-refractivity contribution in [2.45, 2.75) is 37.5 Å². The number of rotatable bonds is 4. The molecule has 0 bridgehead atoms. The first-order valence-corrected chi connectivity index (χ1v) is 7.19. The molecular formula is C14H21F2N3OS. The number of hydrogen-bond acceptors (Lipinski definition) is 4. The molecule has 0 amide bonds. The van der Waals surface area contributed by atoms with Gasteiger partial charge in [0, 0.05) is 12.7 Å². The van der Waals surface area contributed by atoms with Crippen molar-refractivity contribution < 1.29 is 13.9 Å². The number of amidine groups is 1. The molecule has 1 atom stereocenters. The summed E-state index contributed by atoms with van der Waals surface area (Å²) in [6.45, 7) is 4.89. The van der Waals surface area contributed by atoms with Crippen molar-refractivity contribution in [3.05, 3.63) is 29.3 Å². The number of benzene rings is 1. The summed E-state index contributed by atoms with van der Waals surface area (Å²) in [7, 11) is 1.52. The highest BCUT2D eigenvalue weighted by Gasteiger charge is 2.42. The highest BCUT2D eigenvalue weighted by atomic mass is 32.2. The second kappa shape index (κ2) is 6.19. The second-order valence-corrected chi connectivity index (χ2v) is 7.13. The predicted octanol–water partition coefficient (Wildman–Crippen LogP) is 2.30. The summed E-state index contributed by atoms with van der Waals surface area (Å²) in [6.07, 6.45) is 0.0468. The number of halogens is 2. The van der Waals surface area contributed by atoms with Crippen molar-refractivity contribution >= 4 is 22.6 Å². The molecule has 0 heterocycles. The number of nitrogens with two attached hydrogens (primary N) is 2. The molecule has 7 heteroatoms. The third-order valence-electron chi connectivity index (χ3n) is 3.50. The molecule has 21 heavy (non-hydrogen) atoms. The van der Waals surface area contributed by atoms with Crippen molar-refractivity contribution in [3.8, 4) is 0 Å². The number of aliphatic imine (C=N–C) groups is 1. The monoisotopic (exact) mass is 317 g/mol. The minimum Gasteiger partial charge on any atom is -0.399 e. The molecular weight excluding hydrogens is 296 g/mol. The minimum atomic E-state index is -1.21. The van der Waals surface area contributed by atoms with Crippen LogP contribution in [0.2, 0.25) is 0 Å². The number of thioether (sulfide) groups is 1. The van der Waals surface area contributed by atoms with Gasteiger partial charge in [-0.1, -0.05) is 11.8 Å². The van der Waals surface area contributed by atoms with E-state index in [2.05, 4.69) is 4.99 Å². The molecule has 1 aromatic carbocycles. The van der Waals surface area contributed by atoms with Crippen molar-refractivity contribution in [3.63, 3.8) is 0 Å². The Morgan fingerprint density at radius 1 is 1.33 bits per heavy atom. The van der Waals surface area contributed by atoms with Crippen molar-refractivity contribution in [2.75, 3.05) is 12.8 Å². The average molecular weight is 317 g/mol. The number of aliphatic hydroxyl groups is 1. The van der Waals surface area contributed by atoms with Crippen LogP contribution in [0, 0.1) is 11.6 Å². The van der Waals surface area contributed by atoms with Gasteiger partial charge in [0.1, 0.15) is 0 Å². The van der Waals surface area contributed by atoms with Crippen LogP contribution < -0.4 is 11.5 Å². The first kappa shape index (κ1) is 17.7. The first-order valence-electron chi connectivity index (χ1n) is 6.37. The van der Waals surface area contributed by atoms with E-state index in [4.69, 9.17) is 11.5 Å².